The zero-order valence-electron chi connectivity index (χ0n) is 15.1. The Morgan fingerprint density at radius 3 is 2.93 bits per heavy atom. The predicted molar refractivity (Wildman–Crippen MR) is 100 cm³/mol. The Morgan fingerprint density at radius 2 is 2.11 bits per heavy atom. The molecule has 1 aromatic carbocycles. The summed E-state index contributed by atoms with van der Waals surface area (Å²) >= 11 is 0. The normalized spacial score (nSPS) is 13.1. The maximum atomic E-state index is 5.99. The molecule has 0 spiro atoms. The summed E-state index contributed by atoms with van der Waals surface area (Å²) in [6.45, 7) is 5.48. The van der Waals surface area contributed by atoms with Gasteiger partial charge in [0.25, 0.3) is 0 Å². The minimum Gasteiger partial charge on any atom is -0.491 e. The third-order valence-electron chi connectivity index (χ3n) is 4.69. The molecule has 1 aliphatic rings. The van der Waals surface area contributed by atoms with Gasteiger partial charge in [-0.2, -0.15) is 10.2 Å². The van der Waals surface area contributed by atoms with Gasteiger partial charge in [0.2, 0.25) is 0 Å². The molecule has 8 nitrogen and oxygen atoms in total. The Bertz CT molecular complexity index is 1090. The number of fused-ring (bicyclic) bond motifs is 3. The standard InChI is InChI=1S/C19H19N7O/c1-12(2)26-19(20-11-22-26)16-10-25-7-8-27-17-9-13(15-5-6-21-24-15)3-4-14(17)18(25)23-16/h3-6,9-12H,7-8H2,1-2H3,(H,21,24). The number of nitrogens with one attached hydrogen (secondary N) is 1. The molecule has 3 aromatic heterocycles. The van der Waals surface area contributed by atoms with E-state index in [9.17, 15) is 0 Å². The summed E-state index contributed by atoms with van der Waals surface area (Å²) in [5.41, 5.74) is 3.78. The number of aromatic nitrogens is 7. The van der Waals surface area contributed by atoms with Crippen LogP contribution in [-0.2, 0) is 6.54 Å². The van der Waals surface area contributed by atoms with Crippen molar-refractivity contribution in [3.05, 3.63) is 43.0 Å². The van der Waals surface area contributed by atoms with E-state index in [4.69, 9.17) is 9.72 Å². The summed E-state index contributed by atoms with van der Waals surface area (Å²) in [5.74, 6) is 2.48. The van der Waals surface area contributed by atoms with Crippen LogP contribution in [0.25, 0.3) is 34.2 Å². The molecule has 27 heavy (non-hydrogen) atoms. The second-order valence-electron chi connectivity index (χ2n) is 6.79. The van der Waals surface area contributed by atoms with Crippen molar-refractivity contribution in [1.29, 1.82) is 0 Å². The minimum absolute atomic E-state index is 0.219. The van der Waals surface area contributed by atoms with Crippen LogP contribution in [0.3, 0.4) is 0 Å². The smallest absolute Gasteiger partial charge is 0.178 e. The van der Waals surface area contributed by atoms with Gasteiger partial charge in [-0.25, -0.2) is 14.6 Å². The summed E-state index contributed by atoms with van der Waals surface area (Å²) < 4.78 is 10.0. The minimum atomic E-state index is 0.219. The van der Waals surface area contributed by atoms with Crippen LogP contribution in [0.2, 0.25) is 0 Å². The van der Waals surface area contributed by atoms with Gasteiger partial charge in [0, 0.05) is 24.0 Å². The van der Waals surface area contributed by atoms with Crippen molar-refractivity contribution in [2.24, 2.45) is 0 Å². The second-order valence-corrected chi connectivity index (χ2v) is 6.79. The largest absolute Gasteiger partial charge is 0.491 e. The van der Waals surface area contributed by atoms with Crippen LogP contribution < -0.4 is 4.74 Å². The predicted octanol–water partition coefficient (Wildman–Crippen LogP) is 3.17. The molecule has 5 rings (SSSR count). The van der Waals surface area contributed by atoms with E-state index in [1.165, 1.54) is 0 Å². The molecule has 8 heteroatoms. The first-order valence-corrected chi connectivity index (χ1v) is 8.95. The van der Waals surface area contributed by atoms with Crippen molar-refractivity contribution < 1.29 is 4.74 Å². The molecule has 0 fully saturated rings. The fourth-order valence-electron chi connectivity index (χ4n) is 3.39. The van der Waals surface area contributed by atoms with Gasteiger partial charge in [0.1, 0.15) is 30.2 Å². The zero-order chi connectivity index (χ0) is 18.4. The number of nitrogens with zero attached hydrogens (tertiary/aromatic N) is 6. The van der Waals surface area contributed by atoms with E-state index < -0.39 is 0 Å². The van der Waals surface area contributed by atoms with E-state index in [2.05, 4.69) is 44.8 Å². The van der Waals surface area contributed by atoms with Gasteiger partial charge in [0.05, 0.1) is 17.8 Å². The molecule has 0 saturated heterocycles. The molecule has 0 bridgehead atoms. The van der Waals surface area contributed by atoms with Crippen molar-refractivity contribution in [1.82, 2.24) is 34.5 Å². The van der Waals surface area contributed by atoms with Crippen LogP contribution in [0.5, 0.6) is 5.75 Å². The quantitative estimate of drug-likeness (QED) is 0.606. The number of hydrogen-bond acceptors (Lipinski definition) is 5. The Labute approximate surface area is 155 Å². The SMILES string of the molecule is CC(C)n1ncnc1-c1cn2c(n1)-c1ccc(-c3ccn[nH]3)cc1OCC2. The summed E-state index contributed by atoms with van der Waals surface area (Å²) in [6.07, 6.45) is 5.35. The fraction of sp³-hybridized carbons (Fsp3) is 0.263. The molecule has 1 aliphatic heterocycles. The molecular weight excluding hydrogens is 342 g/mol. The van der Waals surface area contributed by atoms with E-state index in [1.807, 2.05) is 29.1 Å². The lowest BCUT2D eigenvalue weighted by molar-refractivity contribution is 0.307. The Kier molecular flexibility index (Phi) is 3.56. The number of hydrogen-bond donors (Lipinski definition) is 1. The molecule has 1 N–H and O–H groups in total. The Balaban J connectivity index is 1.61. The highest BCUT2D eigenvalue weighted by atomic mass is 16.5. The molecule has 0 unspecified atom stereocenters. The van der Waals surface area contributed by atoms with E-state index in [0.29, 0.717) is 6.61 Å². The fourth-order valence-corrected chi connectivity index (χ4v) is 3.39. The molecule has 0 amide bonds. The lowest BCUT2D eigenvalue weighted by atomic mass is 10.1. The lowest BCUT2D eigenvalue weighted by Gasteiger charge is -2.09. The van der Waals surface area contributed by atoms with Crippen LogP contribution in [0.15, 0.2) is 43.0 Å². The third kappa shape index (κ3) is 2.61. The van der Waals surface area contributed by atoms with Crippen LogP contribution in [-0.4, -0.2) is 41.1 Å². The van der Waals surface area contributed by atoms with E-state index >= 15 is 0 Å². The third-order valence-corrected chi connectivity index (χ3v) is 4.69. The average molecular weight is 361 g/mol. The number of benzene rings is 1. The summed E-state index contributed by atoms with van der Waals surface area (Å²) in [4.78, 5) is 9.28. The van der Waals surface area contributed by atoms with Gasteiger partial charge in [-0.1, -0.05) is 6.07 Å². The highest BCUT2D eigenvalue weighted by Gasteiger charge is 2.22. The van der Waals surface area contributed by atoms with Gasteiger partial charge in [-0.05, 0) is 32.0 Å². The number of H-pyrrole nitrogens is 1. The second kappa shape index (κ2) is 6.08. The van der Waals surface area contributed by atoms with Crippen molar-refractivity contribution in [2.45, 2.75) is 26.4 Å². The summed E-state index contributed by atoms with van der Waals surface area (Å²) in [5, 5.41) is 11.3. The first-order valence-electron chi connectivity index (χ1n) is 8.95. The van der Waals surface area contributed by atoms with Crippen LogP contribution in [0.1, 0.15) is 19.9 Å². The van der Waals surface area contributed by atoms with E-state index in [1.54, 1.807) is 12.5 Å². The van der Waals surface area contributed by atoms with E-state index in [0.717, 1.165) is 46.5 Å². The number of ether oxygens (including phenoxy) is 1. The van der Waals surface area contributed by atoms with Gasteiger partial charge >= 0.3 is 0 Å². The van der Waals surface area contributed by atoms with Crippen LogP contribution in [0.4, 0.5) is 0 Å². The molecule has 0 saturated carbocycles. The molecule has 4 heterocycles. The average Bonchev–Trinajstić information content (AvgIpc) is 3.40. The molecule has 0 aliphatic carbocycles. The topological polar surface area (TPSA) is 86.4 Å². The Hall–Kier alpha value is -3.42. The van der Waals surface area contributed by atoms with E-state index in [-0.39, 0.29) is 6.04 Å². The summed E-state index contributed by atoms with van der Waals surface area (Å²) in [7, 11) is 0. The molecule has 0 radical (unpaired) electrons. The maximum Gasteiger partial charge on any atom is 0.178 e. The van der Waals surface area contributed by atoms with Crippen molar-refractivity contribution >= 4 is 0 Å². The van der Waals surface area contributed by atoms with Gasteiger partial charge < -0.3 is 9.30 Å². The molecule has 0 atom stereocenters. The highest BCUT2D eigenvalue weighted by Crippen LogP contribution is 2.36. The Morgan fingerprint density at radius 1 is 1.19 bits per heavy atom. The van der Waals surface area contributed by atoms with Gasteiger partial charge in [0.15, 0.2) is 5.82 Å². The van der Waals surface area contributed by atoms with Crippen LogP contribution >= 0.6 is 0 Å². The first kappa shape index (κ1) is 15.8. The highest BCUT2D eigenvalue weighted by molar-refractivity contribution is 5.73. The van der Waals surface area contributed by atoms with Crippen molar-refractivity contribution in [2.75, 3.05) is 6.61 Å². The number of rotatable bonds is 3. The van der Waals surface area contributed by atoms with Gasteiger partial charge in [-0.3, -0.25) is 5.10 Å². The van der Waals surface area contributed by atoms with Gasteiger partial charge in [-0.15, -0.1) is 0 Å². The molecule has 4 aromatic rings. The van der Waals surface area contributed by atoms with Crippen molar-refractivity contribution in [3.8, 4) is 39.9 Å². The van der Waals surface area contributed by atoms with Crippen LogP contribution in [0, 0.1) is 0 Å². The lowest BCUT2D eigenvalue weighted by Crippen LogP contribution is -2.06. The number of imidazole rings is 1. The van der Waals surface area contributed by atoms with Crippen molar-refractivity contribution in [3.63, 3.8) is 0 Å². The molecule has 136 valence electrons. The number of aromatic amines is 1. The first-order chi connectivity index (χ1) is 13.2. The zero-order valence-corrected chi connectivity index (χ0v) is 15.1. The monoisotopic (exact) mass is 361 g/mol. The summed E-state index contributed by atoms with van der Waals surface area (Å²) in [6, 6.07) is 8.29. The maximum absolute atomic E-state index is 5.99. The molecular formula is C19H19N7O.